The molecule has 0 aliphatic rings. The lowest BCUT2D eigenvalue weighted by molar-refractivity contribution is 0.0929. The molecule has 0 unspecified atom stereocenters. The number of aromatic nitrogens is 3. The van der Waals surface area contributed by atoms with Crippen molar-refractivity contribution in [2.24, 2.45) is 0 Å². The zero-order valence-corrected chi connectivity index (χ0v) is 18.0. The lowest BCUT2D eigenvalue weighted by atomic mass is 10.1. The van der Waals surface area contributed by atoms with E-state index in [4.69, 9.17) is 9.72 Å². The second kappa shape index (κ2) is 8.73. The highest BCUT2D eigenvalue weighted by molar-refractivity contribution is 5.98. The summed E-state index contributed by atoms with van der Waals surface area (Å²) in [5.74, 6) is -0.239. The molecule has 7 nitrogen and oxygen atoms in total. The molecule has 0 saturated heterocycles. The molecular formula is C24H26N4O3. The lowest BCUT2D eigenvalue weighted by Gasteiger charge is -2.16. The van der Waals surface area contributed by atoms with Crippen molar-refractivity contribution in [1.82, 2.24) is 19.3 Å². The second-order valence-corrected chi connectivity index (χ2v) is 7.67. The molecule has 3 aromatic heterocycles. The Morgan fingerprint density at radius 1 is 1.16 bits per heavy atom. The minimum absolute atomic E-state index is 0.172. The van der Waals surface area contributed by atoms with E-state index in [0.29, 0.717) is 41.9 Å². The molecule has 4 aromatic rings. The molecule has 1 amide bonds. The number of hydrogen-bond acceptors (Lipinski definition) is 4. The molecule has 1 N–H and O–H groups in total. The van der Waals surface area contributed by atoms with Gasteiger partial charge in [0.05, 0.1) is 11.4 Å². The first kappa shape index (κ1) is 20.8. The van der Waals surface area contributed by atoms with Crippen LogP contribution in [0.4, 0.5) is 0 Å². The van der Waals surface area contributed by atoms with Crippen LogP contribution < -0.4 is 10.9 Å². The fourth-order valence-electron chi connectivity index (χ4n) is 3.84. The number of nitrogens with one attached hydrogen (secondary N) is 1. The van der Waals surface area contributed by atoms with E-state index >= 15 is 0 Å². The number of aryl methyl sites for hydroxylation is 2. The summed E-state index contributed by atoms with van der Waals surface area (Å²) >= 11 is 0. The first-order valence-electron chi connectivity index (χ1n) is 10.4. The molecule has 3 heterocycles. The molecule has 4 rings (SSSR count). The van der Waals surface area contributed by atoms with Crippen molar-refractivity contribution in [2.45, 2.75) is 32.9 Å². The largest absolute Gasteiger partial charge is 0.385 e. The van der Waals surface area contributed by atoms with Gasteiger partial charge in [-0.15, -0.1) is 0 Å². The number of pyridine rings is 1. The molecule has 0 fully saturated rings. The van der Waals surface area contributed by atoms with Crippen LogP contribution >= 0.6 is 0 Å². The lowest BCUT2D eigenvalue weighted by Crippen LogP contribution is -2.28. The predicted octanol–water partition coefficient (Wildman–Crippen LogP) is 3.49. The number of fused-ring (bicyclic) bond motifs is 2. The molecule has 7 heteroatoms. The van der Waals surface area contributed by atoms with Crippen molar-refractivity contribution in [1.29, 1.82) is 0 Å². The maximum Gasteiger partial charge on any atom is 0.268 e. The predicted molar refractivity (Wildman–Crippen MR) is 121 cm³/mol. The van der Waals surface area contributed by atoms with Gasteiger partial charge in [0.25, 0.3) is 11.5 Å². The van der Waals surface area contributed by atoms with Crippen LogP contribution in [0, 0.1) is 6.92 Å². The Labute approximate surface area is 180 Å². The zero-order chi connectivity index (χ0) is 22.0. The Morgan fingerprint density at radius 3 is 2.68 bits per heavy atom. The Kier molecular flexibility index (Phi) is 5.86. The maximum absolute atomic E-state index is 13.2. The summed E-state index contributed by atoms with van der Waals surface area (Å²) in [6.45, 7) is 4.93. The van der Waals surface area contributed by atoms with E-state index in [1.807, 2.05) is 60.9 Å². The number of hydrogen-bond donors (Lipinski definition) is 1. The second-order valence-electron chi connectivity index (χ2n) is 7.67. The Balaban J connectivity index is 1.81. The third kappa shape index (κ3) is 3.96. The van der Waals surface area contributed by atoms with Gasteiger partial charge >= 0.3 is 0 Å². The van der Waals surface area contributed by atoms with Crippen LogP contribution in [0.15, 0.2) is 59.5 Å². The summed E-state index contributed by atoms with van der Waals surface area (Å²) in [4.78, 5) is 31.1. The van der Waals surface area contributed by atoms with E-state index in [-0.39, 0.29) is 17.5 Å². The molecule has 160 valence electrons. The van der Waals surface area contributed by atoms with Gasteiger partial charge in [-0.25, -0.2) is 4.98 Å². The minimum atomic E-state index is -0.239. The summed E-state index contributed by atoms with van der Waals surface area (Å²) in [7, 11) is 1.64. The molecule has 0 bridgehead atoms. The molecule has 0 radical (unpaired) electrons. The molecule has 1 aromatic carbocycles. The number of carbonyl (C=O) groups excluding carboxylic acids is 1. The number of nitrogens with zero attached hydrogens (tertiary/aromatic N) is 3. The molecule has 0 aliphatic carbocycles. The van der Waals surface area contributed by atoms with Gasteiger partial charge in [-0.1, -0.05) is 36.4 Å². The monoisotopic (exact) mass is 418 g/mol. The van der Waals surface area contributed by atoms with Crippen LogP contribution in [0.3, 0.4) is 0 Å². The van der Waals surface area contributed by atoms with Crippen LogP contribution in [0.25, 0.3) is 16.7 Å². The number of ether oxygens (including phenoxy) is 1. The topological polar surface area (TPSA) is 77.6 Å². The number of amides is 1. The number of carbonyl (C=O) groups is 1. The van der Waals surface area contributed by atoms with Crippen LogP contribution in [-0.4, -0.2) is 33.6 Å². The first-order valence-corrected chi connectivity index (χ1v) is 10.4. The molecule has 31 heavy (non-hydrogen) atoms. The number of benzene rings is 1. The quantitative estimate of drug-likeness (QED) is 0.466. The van der Waals surface area contributed by atoms with Gasteiger partial charge in [-0.05, 0) is 43.5 Å². The van der Waals surface area contributed by atoms with E-state index in [1.54, 1.807) is 19.4 Å². The van der Waals surface area contributed by atoms with E-state index in [9.17, 15) is 9.59 Å². The standard InChI is InChI=1S/C24H26N4O3/c1-16-9-7-12-28-21(16)26-22-19(24(28)30)15-20(27(22)13-8-14-31-3)23(29)25-17(2)18-10-5-4-6-11-18/h4-7,9-12,15,17H,8,13-14H2,1-3H3,(H,25,29)/t17-/m0/s1. The molecule has 0 saturated carbocycles. The van der Waals surface area contributed by atoms with Gasteiger partial charge in [0.1, 0.15) is 17.0 Å². The molecule has 0 spiro atoms. The summed E-state index contributed by atoms with van der Waals surface area (Å²) in [5, 5.41) is 3.48. The van der Waals surface area contributed by atoms with Gasteiger partial charge < -0.3 is 14.6 Å². The minimum Gasteiger partial charge on any atom is -0.385 e. The van der Waals surface area contributed by atoms with Crippen molar-refractivity contribution < 1.29 is 9.53 Å². The van der Waals surface area contributed by atoms with E-state index < -0.39 is 0 Å². The molecule has 0 aliphatic heterocycles. The van der Waals surface area contributed by atoms with E-state index in [2.05, 4.69) is 5.32 Å². The van der Waals surface area contributed by atoms with Crippen molar-refractivity contribution in [3.05, 3.63) is 81.9 Å². The number of rotatable bonds is 7. The molecular weight excluding hydrogens is 392 g/mol. The highest BCUT2D eigenvalue weighted by Crippen LogP contribution is 2.20. The maximum atomic E-state index is 13.2. The van der Waals surface area contributed by atoms with Gasteiger partial charge in [-0.2, -0.15) is 0 Å². The van der Waals surface area contributed by atoms with E-state index in [1.165, 1.54) is 4.40 Å². The Hall–Kier alpha value is -3.45. The highest BCUT2D eigenvalue weighted by atomic mass is 16.5. The Bertz CT molecular complexity index is 1290. The zero-order valence-electron chi connectivity index (χ0n) is 18.0. The van der Waals surface area contributed by atoms with E-state index in [0.717, 1.165) is 11.1 Å². The fourth-order valence-corrected chi connectivity index (χ4v) is 3.84. The van der Waals surface area contributed by atoms with Crippen molar-refractivity contribution in [2.75, 3.05) is 13.7 Å². The Morgan fingerprint density at radius 2 is 1.94 bits per heavy atom. The third-order valence-corrected chi connectivity index (χ3v) is 5.50. The van der Waals surface area contributed by atoms with Crippen molar-refractivity contribution in [3.63, 3.8) is 0 Å². The van der Waals surface area contributed by atoms with Gasteiger partial charge in [0.15, 0.2) is 0 Å². The average molecular weight is 418 g/mol. The van der Waals surface area contributed by atoms with Gasteiger partial charge in [0, 0.05) is 26.5 Å². The van der Waals surface area contributed by atoms with Crippen molar-refractivity contribution in [3.8, 4) is 0 Å². The summed E-state index contributed by atoms with van der Waals surface area (Å²) in [5.41, 5.74) is 3.27. The van der Waals surface area contributed by atoms with Crippen molar-refractivity contribution >= 4 is 22.6 Å². The summed E-state index contributed by atoms with van der Waals surface area (Å²) < 4.78 is 8.55. The van der Waals surface area contributed by atoms with Crippen LogP contribution in [-0.2, 0) is 11.3 Å². The smallest absolute Gasteiger partial charge is 0.268 e. The van der Waals surface area contributed by atoms with Crippen LogP contribution in [0.5, 0.6) is 0 Å². The molecule has 1 atom stereocenters. The normalized spacial score (nSPS) is 12.4. The summed E-state index contributed by atoms with van der Waals surface area (Å²) in [6.07, 6.45) is 2.40. The first-order chi connectivity index (χ1) is 15.0. The fraction of sp³-hybridized carbons (Fsp3) is 0.292. The average Bonchev–Trinajstić information content (AvgIpc) is 3.14. The van der Waals surface area contributed by atoms with Crippen LogP contribution in [0.1, 0.15) is 41.0 Å². The van der Waals surface area contributed by atoms with Crippen LogP contribution in [0.2, 0.25) is 0 Å². The van der Waals surface area contributed by atoms with Gasteiger partial charge in [-0.3, -0.25) is 14.0 Å². The SMILES string of the molecule is COCCCn1c(C(=O)N[C@@H](C)c2ccccc2)cc2c(=O)n3cccc(C)c3nc21. The van der Waals surface area contributed by atoms with Gasteiger partial charge in [0.2, 0.25) is 0 Å². The summed E-state index contributed by atoms with van der Waals surface area (Å²) in [6, 6.07) is 15.0. The highest BCUT2D eigenvalue weighted by Gasteiger charge is 2.21. The number of methoxy groups -OCH3 is 1. The third-order valence-electron chi connectivity index (χ3n) is 5.50.